The number of allylic oxidation sites excluding steroid dienone is 3. The molecule has 3 saturated carbocycles. The first-order valence-corrected chi connectivity index (χ1v) is 9.88. The highest BCUT2D eigenvalue weighted by Gasteiger charge is 2.57. The highest BCUT2D eigenvalue weighted by molar-refractivity contribution is 5.29. The summed E-state index contributed by atoms with van der Waals surface area (Å²) in [6.07, 6.45) is 14.8. The lowest BCUT2D eigenvalue weighted by atomic mass is 9.47. The van der Waals surface area contributed by atoms with E-state index in [1.54, 1.807) is 11.1 Å². The summed E-state index contributed by atoms with van der Waals surface area (Å²) in [7, 11) is 0. The van der Waals surface area contributed by atoms with Gasteiger partial charge in [0.1, 0.15) is 0 Å². The zero-order valence-corrected chi connectivity index (χ0v) is 15.5. The van der Waals surface area contributed by atoms with Crippen molar-refractivity contribution < 1.29 is 5.11 Å². The lowest BCUT2D eigenvalue weighted by Crippen LogP contribution is -2.51. The molecule has 0 aromatic rings. The SMILES string of the molecule is C/C=C1/CC[C@H]2C3CC=C4C[C@@](C)(O)CC[C@]4(C)[C@H]3CC[C@]12C. The van der Waals surface area contributed by atoms with Gasteiger partial charge in [-0.05, 0) is 93.8 Å². The lowest BCUT2D eigenvalue weighted by Gasteiger charge is -2.58. The second-order valence-corrected chi connectivity index (χ2v) is 9.74. The molecule has 1 nitrogen and oxygen atoms in total. The van der Waals surface area contributed by atoms with Gasteiger partial charge in [-0.2, -0.15) is 0 Å². The van der Waals surface area contributed by atoms with E-state index in [0.29, 0.717) is 10.8 Å². The molecule has 0 aliphatic heterocycles. The molecule has 4 aliphatic carbocycles. The predicted molar refractivity (Wildman–Crippen MR) is 96.1 cm³/mol. The molecule has 128 valence electrons. The largest absolute Gasteiger partial charge is 0.390 e. The molecule has 23 heavy (non-hydrogen) atoms. The molecule has 0 saturated heterocycles. The first-order valence-electron chi connectivity index (χ1n) is 9.88. The van der Waals surface area contributed by atoms with Crippen molar-refractivity contribution in [3.63, 3.8) is 0 Å². The Morgan fingerprint density at radius 1 is 1.04 bits per heavy atom. The summed E-state index contributed by atoms with van der Waals surface area (Å²) in [5.74, 6) is 2.63. The number of hydrogen-bond acceptors (Lipinski definition) is 1. The highest BCUT2D eigenvalue weighted by Crippen LogP contribution is 2.66. The molecule has 4 aliphatic rings. The van der Waals surface area contributed by atoms with Crippen molar-refractivity contribution in [2.24, 2.45) is 28.6 Å². The van der Waals surface area contributed by atoms with E-state index in [2.05, 4.69) is 32.9 Å². The summed E-state index contributed by atoms with van der Waals surface area (Å²) >= 11 is 0. The lowest BCUT2D eigenvalue weighted by molar-refractivity contribution is -0.0504. The van der Waals surface area contributed by atoms with Crippen LogP contribution in [-0.2, 0) is 0 Å². The first-order chi connectivity index (χ1) is 10.8. The maximum Gasteiger partial charge on any atom is 0.0657 e. The molecule has 6 atom stereocenters. The second-order valence-electron chi connectivity index (χ2n) is 9.74. The van der Waals surface area contributed by atoms with Crippen LogP contribution in [0.3, 0.4) is 0 Å². The van der Waals surface area contributed by atoms with Crippen LogP contribution >= 0.6 is 0 Å². The van der Waals surface area contributed by atoms with Crippen molar-refractivity contribution in [3.05, 3.63) is 23.3 Å². The molecule has 0 spiro atoms. The van der Waals surface area contributed by atoms with Gasteiger partial charge in [-0.3, -0.25) is 0 Å². The Morgan fingerprint density at radius 3 is 2.52 bits per heavy atom. The van der Waals surface area contributed by atoms with Crippen molar-refractivity contribution in [3.8, 4) is 0 Å². The maximum absolute atomic E-state index is 10.5. The molecule has 0 heterocycles. The normalized spacial score (nSPS) is 54.2. The first kappa shape index (κ1) is 15.9. The average molecular weight is 315 g/mol. The standard InChI is InChI=1S/C22H34O/c1-5-15-7-9-18-17-8-6-16-14-20(2,23)12-13-22(16,4)19(17)10-11-21(15,18)3/h5-6,17-19,23H,7-14H2,1-4H3/b15-5-/t17?,18-,19-,20-,21+,22-/m0/s1. The Bertz CT molecular complexity index is 569. The third kappa shape index (κ3) is 2.15. The van der Waals surface area contributed by atoms with Crippen LogP contribution in [0.4, 0.5) is 0 Å². The minimum absolute atomic E-state index is 0.366. The van der Waals surface area contributed by atoms with Gasteiger partial charge in [-0.25, -0.2) is 0 Å². The smallest absolute Gasteiger partial charge is 0.0657 e. The van der Waals surface area contributed by atoms with E-state index in [1.807, 2.05) is 6.92 Å². The van der Waals surface area contributed by atoms with Gasteiger partial charge in [0.05, 0.1) is 5.60 Å². The summed E-state index contributed by atoms with van der Waals surface area (Å²) in [5, 5.41) is 10.5. The van der Waals surface area contributed by atoms with Crippen LogP contribution < -0.4 is 0 Å². The van der Waals surface area contributed by atoms with Crippen molar-refractivity contribution >= 4 is 0 Å². The number of fused-ring (bicyclic) bond motifs is 5. The number of aliphatic hydroxyl groups is 1. The molecule has 0 aromatic heterocycles. The molecule has 0 radical (unpaired) electrons. The van der Waals surface area contributed by atoms with Gasteiger partial charge in [-0.15, -0.1) is 0 Å². The van der Waals surface area contributed by atoms with E-state index in [1.165, 1.54) is 38.5 Å². The van der Waals surface area contributed by atoms with Crippen molar-refractivity contribution in [2.45, 2.75) is 84.7 Å². The summed E-state index contributed by atoms with van der Waals surface area (Å²) in [5.41, 5.74) is 3.71. The monoisotopic (exact) mass is 314 g/mol. The average Bonchev–Trinajstić information content (AvgIpc) is 2.84. The van der Waals surface area contributed by atoms with E-state index in [-0.39, 0.29) is 0 Å². The zero-order chi connectivity index (χ0) is 16.5. The fourth-order valence-corrected chi connectivity index (χ4v) is 7.13. The van der Waals surface area contributed by atoms with E-state index in [9.17, 15) is 5.11 Å². The third-order valence-electron chi connectivity index (χ3n) is 8.58. The van der Waals surface area contributed by atoms with E-state index < -0.39 is 5.60 Å². The minimum Gasteiger partial charge on any atom is -0.390 e. The van der Waals surface area contributed by atoms with Crippen LogP contribution in [0.5, 0.6) is 0 Å². The Labute approximate surface area is 142 Å². The van der Waals surface area contributed by atoms with Crippen LogP contribution in [0.1, 0.15) is 79.1 Å². The van der Waals surface area contributed by atoms with E-state index >= 15 is 0 Å². The summed E-state index contributed by atoms with van der Waals surface area (Å²) < 4.78 is 0. The van der Waals surface area contributed by atoms with Gasteiger partial charge in [0, 0.05) is 0 Å². The zero-order valence-electron chi connectivity index (χ0n) is 15.5. The van der Waals surface area contributed by atoms with Gasteiger partial charge in [0.25, 0.3) is 0 Å². The van der Waals surface area contributed by atoms with Gasteiger partial charge in [-0.1, -0.05) is 37.1 Å². The third-order valence-corrected chi connectivity index (χ3v) is 8.58. The fourth-order valence-electron chi connectivity index (χ4n) is 7.13. The number of hydrogen-bond donors (Lipinski definition) is 1. The Morgan fingerprint density at radius 2 is 1.78 bits per heavy atom. The molecule has 1 heteroatoms. The van der Waals surface area contributed by atoms with Gasteiger partial charge in [0.2, 0.25) is 0 Å². The van der Waals surface area contributed by atoms with Gasteiger partial charge in [0.15, 0.2) is 0 Å². The van der Waals surface area contributed by atoms with E-state index in [4.69, 9.17) is 0 Å². The van der Waals surface area contributed by atoms with Crippen molar-refractivity contribution in [1.82, 2.24) is 0 Å². The Hall–Kier alpha value is -0.560. The van der Waals surface area contributed by atoms with Gasteiger partial charge >= 0.3 is 0 Å². The van der Waals surface area contributed by atoms with Crippen molar-refractivity contribution in [2.75, 3.05) is 0 Å². The quantitative estimate of drug-likeness (QED) is 0.573. The Kier molecular flexibility index (Phi) is 3.45. The molecule has 1 N–H and O–H groups in total. The molecule has 0 amide bonds. The summed E-state index contributed by atoms with van der Waals surface area (Å²) in [4.78, 5) is 0. The second kappa shape index (κ2) is 4.97. The highest BCUT2D eigenvalue weighted by atomic mass is 16.3. The van der Waals surface area contributed by atoms with Gasteiger partial charge < -0.3 is 5.11 Å². The fraction of sp³-hybridized carbons (Fsp3) is 0.818. The van der Waals surface area contributed by atoms with Crippen LogP contribution in [0.2, 0.25) is 0 Å². The molecule has 0 aromatic carbocycles. The molecule has 4 rings (SSSR count). The number of rotatable bonds is 0. The molecule has 3 fully saturated rings. The molecule has 0 bridgehead atoms. The minimum atomic E-state index is -0.465. The molecular formula is C22H34O. The maximum atomic E-state index is 10.5. The Balaban J connectivity index is 1.68. The van der Waals surface area contributed by atoms with Crippen LogP contribution in [0.25, 0.3) is 0 Å². The van der Waals surface area contributed by atoms with Crippen LogP contribution in [0.15, 0.2) is 23.3 Å². The molecular weight excluding hydrogens is 280 g/mol. The van der Waals surface area contributed by atoms with E-state index in [0.717, 1.165) is 30.6 Å². The summed E-state index contributed by atoms with van der Waals surface area (Å²) in [6.45, 7) is 9.37. The van der Waals surface area contributed by atoms with Crippen LogP contribution in [0, 0.1) is 28.6 Å². The molecule has 1 unspecified atom stereocenters. The van der Waals surface area contributed by atoms with Crippen LogP contribution in [-0.4, -0.2) is 10.7 Å². The predicted octanol–water partition coefficient (Wildman–Crippen LogP) is 5.65. The van der Waals surface area contributed by atoms with Crippen molar-refractivity contribution in [1.29, 1.82) is 0 Å². The topological polar surface area (TPSA) is 20.2 Å². The summed E-state index contributed by atoms with van der Waals surface area (Å²) in [6, 6.07) is 0.